The molecule has 15 heavy (non-hydrogen) atoms. The van der Waals surface area contributed by atoms with E-state index in [9.17, 15) is 9.59 Å². The predicted octanol–water partition coefficient (Wildman–Crippen LogP) is 0.950. The molecule has 5 heteroatoms. The summed E-state index contributed by atoms with van der Waals surface area (Å²) < 4.78 is 0. The number of hydrogen-bond acceptors (Lipinski definition) is 2. The van der Waals surface area contributed by atoms with Gasteiger partial charge in [-0.1, -0.05) is 13.3 Å². The van der Waals surface area contributed by atoms with Crippen molar-refractivity contribution in [2.45, 2.75) is 32.6 Å². The van der Waals surface area contributed by atoms with Crippen LogP contribution in [0.1, 0.15) is 32.6 Å². The molecule has 1 aliphatic rings. The van der Waals surface area contributed by atoms with Crippen LogP contribution >= 0.6 is 0 Å². The third-order valence-electron chi connectivity index (χ3n) is 3.19. The molecule has 1 rings (SSSR count). The van der Waals surface area contributed by atoms with Crippen molar-refractivity contribution in [2.24, 2.45) is 5.41 Å². The molecule has 0 spiro atoms. The van der Waals surface area contributed by atoms with Gasteiger partial charge < -0.3 is 15.7 Å². The van der Waals surface area contributed by atoms with Gasteiger partial charge in [0.05, 0.1) is 0 Å². The van der Waals surface area contributed by atoms with Crippen molar-refractivity contribution in [3.8, 4) is 0 Å². The van der Waals surface area contributed by atoms with Crippen LogP contribution in [-0.2, 0) is 4.79 Å². The van der Waals surface area contributed by atoms with Gasteiger partial charge in [0.1, 0.15) is 6.54 Å². The van der Waals surface area contributed by atoms with Crippen molar-refractivity contribution < 1.29 is 14.7 Å². The second-order valence-electron chi connectivity index (χ2n) is 4.14. The van der Waals surface area contributed by atoms with Crippen LogP contribution in [0.4, 0.5) is 4.79 Å². The van der Waals surface area contributed by atoms with Gasteiger partial charge >= 0.3 is 12.0 Å². The van der Waals surface area contributed by atoms with Gasteiger partial charge in [-0.2, -0.15) is 0 Å². The zero-order valence-electron chi connectivity index (χ0n) is 9.01. The van der Waals surface area contributed by atoms with Crippen molar-refractivity contribution in [3.63, 3.8) is 0 Å². The van der Waals surface area contributed by atoms with Gasteiger partial charge in [-0.15, -0.1) is 0 Å². The number of aliphatic carboxylic acids is 1. The fraction of sp³-hybridized carbons (Fsp3) is 0.800. The molecule has 0 aromatic rings. The molecule has 0 aromatic heterocycles. The Morgan fingerprint density at radius 3 is 2.40 bits per heavy atom. The molecule has 2 amide bonds. The Morgan fingerprint density at radius 1 is 1.33 bits per heavy atom. The Bertz CT molecular complexity index is 244. The molecule has 1 aliphatic carbocycles. The zero-order valence-corrected chi connectivity index (χ0v) is 9.01. The number of rotatable bonds is 5. The van der Waals surface area contributed by atoms with Crippen LogP contribution in [0.15, 0.2) is 0 Å². The average Bonchev–Trinajstić information content (AvgIpc) is 2.14. The van der Waals surface area contributed by atoms with E-state index in [-0.39, 0.29) is 12.0 Å². The number of amides is 2. The molecule has 0 atom stereocenters. The standard InChI is InChI=1S/C10H18N2O3/c1-2-10(4-3-5-10)7-12-9(15)11-6-8(13)14/h2-7H2,1H3,(H,13,14)(H2,11,12,15). The maximum Gasteiger partial charge on any atom is 0.323 e. The van der Waals surface area contributed by atoms with E-state index >= 15 is 0 Å². The third-order valence-corrected chi connectivity index (χ3v) is 3.19. The van der Waals surface area contributed by atoms with E-state index in [2.05, 4.69) is 17.6 Å². The van der Waals surface area contributed by atoms with Gasteiger partial charge in [0, 0.05) is 6.54 Å². The molecule has 5 nitrogen and oxygen atoms in total. The Balaban J connectivity index is 2.18. The van der Waals surface area contributed by atoms with E-state index < -0.39 is 12.0 Å². The van der Waals surface area contributed by atoms with Gasteiger partial charge in [0.15, 0.2) is 0 Å². The molecule has 0 aliphatic heterocycles. The molecule has 3 N–H and O–H groups in total. The molecular weight excluding hydrogens is 196 g/mol. The van der Waals surface area contributed by atoms with Gasteiger partial charge in [0.2, 0.25) is 0 Å². The van der Waals surface area contributed by atoms with Crippen LogP contribution in [0.25, 0.3) is 0 Å². The van der Waals surface area contributed by atoms with E-state index in [1.54, 1.807) is 0 Å². The summed E-state index contributed by atoms with van der Waals surface area (Å²) in [4.78, 5) is 21.4. The lowest BCUT2D eigenvalue weighted by atomic mass is 9.67. The largest absolute Gasteiger partial charge is 0.480 e. The first-order valence-electron chi connectivity index (χ1n) is 5.31. The van der Waals surface area contributed by atoms with Crippen molar-refractivity contribution >= 4 is 12.0 Å². The molecule has 86 valence electrons. The Hall–Kier alpha value is -1.26. The number of nitrogens with one attached hydrogen (secondary N) is 2. The number of carboxylic acids is 1. The van der Waals surface area contributed by atoms with Crippen LogP contribution in [-0.4, -0.2) is 30.2 Å². The van der Waals surface area contributed by atoms with Gasteiger partial charge in [-0.25, -0.2) is 4.79 Å². The average molecular weight is 214 g/mol. The smallest absolute Gasteiger partial charge is 0.323 e. The van der Waals surface area contributed by atoms with Crippen molar-refractivity contribution in [3.05, 3.63) is 0 Å². The highest BCUT2D eigenvalue weighted by Gasteiger charge is 2.35. The fourth-order valence-electron chi connectivity index (χ4n) is 1.82. The minimum atomic E-state index is -1.03. The first kappa shape index (κ1) is 11.8. The molecule has 0 radical (unpaired) electrons. The number of carbonyl (C=O) groups excluding carboxylic acids is 1. The van der Waals surface area contributed by atoms with E-state index in [0.717, 1.165) is 19.3 Å². The minimum Gasteiger partial charge on any atom is -0.480 e. The van der Waals surface area contributed by atoms with Crippen molar-refractivity contribution in [1.82, 2.24) is 10.6 Å². The monoisotopic (exact) mass is 214 g/mol. The van der Waals surface area contributed by atoms with Crippen LogP contribution in [0.3, 0.4) is 0 Å². The Morgan fingerprint density at radius 2 is 2.00 bits per heavy atom. The van der Waals surface area contributed by atoms with Crippen LogP contribution in [0.5, 0.6) is 0 Å². The number of carboxylic acid groups (broad SMARTS) is 1. The quantitative estimate of drug-likeness (QED) is 0.637. The highest BCUT2D eigenvalue weighted by molar-refractivity contribution is 5.79. The summed E-state index contributed by atoms with van der Waals surface area (Å²) in [5, 5.41) is 13.3. The normalized spacial score (nSPS) is 17.7. The molecule has 0 saturated heterocycles. The van der Waals surface area contributed by atoms with E-state index in [4.69, 9.17) is 5.11 Å². The molecule has 0 bridgehead atoms. The fourth-order valence-corrected chi connectivity index (χ4v) is 1.82. The van der Waals surface area contributed by atoms with Crippen molar-refractivity contribution in [2.75, 3.05) is 13.1 Å². The summed E-state index contributed by atoms with van der Waals surface area (Å²) in [6.45, 7) is 2.44. The summed E-state index contributed by atoms with van der Waals surface area (Å²) >= 11 is 0. The Labute approximate surface area is 89.2 Å². The molecule has 1 fully saturated rings. The lowest BCUT2D eigenvalue weighted by Gasteiger charge is -2.41. The Kier molecular flexibility index (Phi) is 3.94. The van der Waals surface area contributed by atoms with Crippen LogP contribution in [0.2, 0.25) is 0 Å². The molecule has 1 saturated carbocycles. The van der Waals surface area contributed by atoms with E-state index in [1.807, 2.05) is 0 Å². The molecule has 0 unspecified atom stereocenters. The minimum absolute atomic E-state index is 0.264. The zero-order chi connectivity index (χ0) is 11.3. The van der Waals surface area contributed by atoms with Gasteiger partial charge in [0.25, 0.3) is 0 Å². The summed E-state index contributed by atoms with van der Waals surface area (Å²) in [6, 6.07) is -0.392. The van der Waals surface area contributed by atoms with Gasteiger partial charge in [-0.05, 0) is 24.7 Å². The number of hydrogen-bond donors (Lipinski definition) is 3. The highest BCUT2D eigenvalue weighted by Crippen LogP contribution is 2.42. The molecule has 0 heterocycles. The summed E-state index contributed by atoms with van der Waals surface area (Å²) in [5.41, 5.74) is 0.264. The first-order valence-corrected chi connectivity index (χ1v) is 5.31. The highest BCUT2D eigenvalue weighted by atomic mass is 16.4. The summed E-state index contributed by atoms with van der Waals surface area (Å²) in [6.07, 6.45) is 4.60. The first-order chi connectivity index (χ1) is 7.08. The third kappa shape index (κ3) is 3.42. The van der Waals surface area contributed by atoms with E-state index in [0.29, 0.717) is 6.54 Å². The number of carbonyl (C=O) groups is 2. The maximum absolute atomic E-state index is 11.2. The van der Waals surface area contributed by atoms with E-state index in [1.165, 1.54) is 6.42 Å². The lowest BCUT2D eigenvalue weighted by Crippen LogP contribution is -2.46. The topological polar surface area (TPSA) is 78.4 Å². The molecular formula is C10H18N2O3. The summed E-state index contributed by atoms with van der Waals surface area (Å²) in [7, 11) is 0. The second kappa shape index (κ2) is 5.00. The predicted molar refractivity (Wildman–Crippen MR) is 55.6 cm³/mol. The lowest BCUT2D eigenvalue weighted by molar-refractivity contribution is -0.135. The van der Waals surface area contributed by atoms with Gasteiger partial charge in [-0.3, -0.25) is 4.79 Å². The SMILES string of the molecule is CCC1(CNC(=O)NCC(=O)O)CCC1. The molecule has 0 aromatic carbocycles. The van der Waals surface area contributed by atoms with Crippen molar-refractivity contribution in [1.29, 1.82) is 0 Å². The summed E-state index contributed by atoms with van der Waals surface area (Å²) in [5.74, 6) is -1.03. The number of urea groups is 1. The maximum atomic E-state index is 11.2. The van der Waals surface area contributed by atoms with Crippen LogP contribution in [0, 0.1) is 5.41 Å². The second-order valence-corrected chi connectivity index (χ2v) is 4.14. The van der Waals surface area contributed by atoms with Crippen LogP contribution < -0.4 is 10.6 Å².